The van der Waals surface area contributed by atoms with E-state index in [4.69, 9.17) is 4.74 Å². The molecule has 3 heterocycles. The van der Waals surface area contributed by atoms with Crippen molar-refractivity contribution in [3.63, 3.8) is 0 Å². The zero-order chi connectivity index (χ0) is 26.5. The topological polar surface area (TPSA) is 87.1 Å². The van der Waals surface area contributed by atoms with Crippen LogP contribution in [0.25, 0.3) is 0 Å². The molecular weight excluding hydrogens is 476 g/mol. The number of esters is 1. The van der Waals surface area contributed by atoms with Gasteiger partial charge in [-0.25, -0.2) is 0 Å². The number of nitrogens with zero attached hydrogens (tertiary/aromatic N) is 2. The van der Waals surface area contributed by atoms with E-state index in [1.54, 1.807) is 27.6 Å². The van der Waals surface area contributed by atoms with Crippen molar-refractivity contribution >= 4 is 29.5 Å². The Hall–Kier alpha value is -1.80. The third kappa shape index (κ3) is 5.00. The molecule has 0 aliphatic carbocycles. The fraction of sp³-hybridized carbons (Fsp3) is 0.750. The lowest BCUT2D eigenvalue weighted by Crippen LogP contribution is -2.57. The highest BCUT2D eigenvalue weighted by molar-refractivity contribution is 8.02. The highest BCUT2D eigenvalue weighted by Crippen LogP contribution is 2.71. The smallest absolute Gasteiger partial charge is 0.311 e. The van der Waals surface area contributed by atoms with Crippen molar-refractivity contribution in [1.82, 2.24) is 9.80 Å². The van der Waals surface area contributed by atoms with Gasteiger partial charge in [-0.15, -0.1) is 24.9 Å². The fourth-order valence-corrected chi connectivity index (χ4v) is 8.76. The van der Waals surface area contributed by atoms with Gasteiger partial charge in [0.15, 0.2) is 0 Å². The number of amides is 2. The van der Waals surface area contributed by atoms with Crippen LogP contribution in [0.3, 0.4) is 0 Å². The van der Waals surface area contributed by atoms with Gasteiger partial charge in [0.05, 0.1) is 35.8 Å². The van der Waals surface area contributed by atoms with E-state index in [2.05, 4.69) is 27.0 Å². The lowest BCUT2D eigenvalue weighted by Gasteiger charge is -2.39. The van der Waals surface area contributed by atoms with Crippen molar-refractivity contribution in [2.24, 2.45) is 11.8 Å². The maximum absolute atomic E-state index is 14.2. The SMILES string of the molecule is C=CCCCCOC(=O)[C@@H]1[C@H]2C(=O)N([C@@H](CC)CO)C(C(=O)N(CC=C)CCCC)C23CC[C@@]1(C)S3. The predicted molar refractivity (Wildman–Crippen MR) is 143 cm³/mol. The van der Waals surface area contributed by atoms with E-state index in [9.17, 15) is 19.5 Å². The largest absolute Gasteiger partial charge is 0.465 e. The number of likely N-dealkylation sites (tertiary alicyclic amines) is 1. The van der Waals surface area contributed by atoms with Gasteiger partial charge in [-0.1, -0.05) is 32.4 Å². The number of hydrogen-bond acceptors (Lipinski definition) is 6. The van der Waals surface area contributed by atoms with Crippen LogP contribution in [-0.2, 0) is 19.1 Å². The third-order valence-corrected chi connectivity index (χ3v) is 10.3. The minimum absolute atomic E-state index is 0.0960. The summed E-state index contributed by atoms with van der Waals surface area (Å²) in [6.45, 7) is 14.7. The highest BCUT2D eigenvalue weighted by Gasteiger charge is 2.78. The lowest BCUT2D eigenvalue weighted by atomic mass is 9.66. The maximum atomic E-state index is 14.2. The molecule has 2 bridgehead atoms. The number of ether oxygens (including phenoxy) is 1. The summed E-state index contributed by atoms with van der Waals surface area (Å²) in [5, 5.41) is 10.2. The van der Waals surface area contributed by atoms with Crippen LogP contribution in [0.15, 0.2) is 25.3 Å². The first-order valence-corrected chi connectivity index (χ1v) is 14.4. The van der Waals surface area contributed by atoms with Gasteiger partial charge >= 0.3 is 5.97 Å². The number of rotatable bonds is 15. The molecule has 0 saturated carbocycles. The summed E-state index contributed by atoms with van der Waals surface area (Å²) < 4.78 is 4.57. The molecular formula is C28H44N2O5S. The summed E-state index contributed by atoms with van der Waals surface area (Å²) in [5.74, 6) is -1.83. The first kappa shape index (κ1) is 28.8. The standard InChI is InChI=1S/C28H44N2O5S/c1-6-10-12-13-18-35-26(34)22-21-24(32)30(20(9-4)19-31)23(28(21)15-14-27(22,5)36-28)25(33)29(16-8-3)17-11-7-2/h6,8,20-23,31H,1,3,7,9-19H2,2,4-5H3/t20-,21-,22-,23?,27+,28?/m0/s1. The van der Waals surface area contributed by atoms with E-state index < -0.39 is 33.4 Å². The number of carbonyl (C=O) groups excluding carboxylic acids is 3. The van der Waals surface area contributed by atoms with Crippen molar-refractivity contribution in [1.29, 1.82) is 0 Å². The van der Waals surface area contributed by atoms with Gasteiger partial charge in [0.25, 0.3) is 0 Å². The Kier molecular flexibility index (Phi) is 9.72. The minimum atomic E-state index is -0.707. The average Bonchev–Trinajstić information content (AvgIpc) is 3.43. The van der Waals surface area contributed by atoms with Gasteiger partial charge < -0.3 is 19.6 Å². The molecule has 3 aliphatic rings. The molecule has 7 nitrogen and oxygen atoms in total. The third-order valence-electron chi connectivity index (χ3n) is 8.27. The van der Waals surface area contributed by atoms with Crippen LogP contribution < -0.4 is 0 Å². The number of unbranched alkanes of at least 4 members (excludes halogenated alkanes) is 3. The van der Waals surface area contributed by atoms with Crippen LogP contribution in [0.2, 0.25) is 0 Å². The van der Waals surface area contributed by atoms with Crippen LogP contribution in [0.1, 0.15) is 72.1 Å². The van der Waals surface area contributed by atoms with E-state index >= 15 is 0 Å². The molecule has 202 valence electrons. The zero-order valence-corrected chi connectivity index (χ0v) is 23.1. The second-order valence-corrected chi connectivity index (χ2v) is 12.5. The Bertz CT molecular complexity index is 846. The van der Waals surface area contributed by atoms with Crippen LogP contribution in [0.4, 0.5) is 0 Å². The van der Waals surface area contributed by atoms with E-state index in [0.29, 0.717) is 32.5 Å². The zero-order valence-electron chi connectivity index (χ0n) is 22.2. The molecule has 8 heteroatoms. The molecule has 2 unspecified atom stereocenters. The molecule has 0 aromatic carbocycles. The molecule has 2 amide bonds. The first-order chi connectivity index (χ1) is 17.3. The van der Waals surface area contributed by atoms with Gasteiger partial charge in [0, 0.05) is 17.8 Å². The Labute approximate surface area is 220 Å². The Morgan fingerprint density at radius 1 is 1.25 bits per heavy atom. The summed E-state index contributed by atoms with van der Waals surface area (Å²) in [7, 11) is 0. The molecule has 1 spiro atoms. The number of thioether (sulfide) groups is 1. The van der Waals surface area contributed by atoms with Gasteiger partial charge in [-0.3, -0.25) is 14.4 Å². The number of aliphatic hydroxyl groups is 1. The van der Waals surface area contributed by atoms with Crippen molar-refractivity contribution in [3.8, 4) is 0 Å². The molecule has 3 rings (SSSR count). The fourth-order valence-electron chi connectivity index (χ4n) is 6.43. The molecule has 0 radical (unpaired) electrons. The summed E-state index contributed by atoms with van der Waals surface area (Å²) in [5.41, 5.74) is 0. The predicted octanol–water partition coefficient (Wildman–Crippen LogP) is 3.95. The Morgan fingerprint density at radius 3 is 2.61 bits per heavy atom. The van der Waals surface area contributed by atoms with E-state index in [1.807, 2.05) is 13.0 Å². The van der Waals surface area contributed by atoms with Crippen LogP contribution in [0.5, 0.6) is 0 Å². The number of carbonyl (C=O) groups is 3. The molecule has 3 saturated heterocycles. The van der Waals surface area contributed by atoms with Gasteiger partial charge in [-0.05, 0) is 51.9 Å². The number of hydrogen-bond donors (Lipinski definition) is 1. The first-order valence-electron chi connectivity index (χ1n) is 13.6. The summed E-state index contributed by atoms with van der Waals surface area (Å²) >= 11 is 1.65. The van der Waals surface area contributed by atoms with Crippen LogP contribution in [0, 0.1) is 11.8 Å². The summed E-state index contributed by atoms with van der Waals surface area (Å²) in [4.78, 5) is 45.2. The molecule has 1 N–H and O–H groups in total. The monoisotopic (exact) mass is 520 g/mol. The second-order valence-electron chi connectivity index (χ2n) is 10.6. The van der Waals surface area contributed by atoms with Crippen molar-refractivity contribution in [3.05, 3.63) is 25.3 Å². The minimum Gasteiger partial charge on any atom is -0.465 e. The van der Waals surface area contributed by atoms with E-state index in [0.717, 1.165) is 38.5 Å². The van der Waals surface area contributed by atoms with Crippen molar-refractivity contribution in [2.75, 3.05) is 26.3 Å². The molecule has 6 atom stereocenters. The maximum Gasteiger partial charge on any atom is 0.311 e. The summed E-state index contributed by atoms with van der Waals surface area (Å²) in [6, 6.07) is -1.17. The van der Waals surface area contributed by atoms with Crippen LogP contribution >= 0.6 is 11.8 Å². The highest BCUT2D eigenvalue weighted by atomic mass is 32.2. The lowest BCUT2D eigenvalue weighted by molar-refractivity contribution is -0.156. The van der Waals surface area contributed by atoms with Gasteiger partial charge in [0.2, 0.25) is 11.8 Å². The van der Waals surface area contributed by atoms with Crippen molar-refractivity contribution in [2.45, 2.75) is 93.7 Å². The molecule has 3 aliphatic heterocycles. The average molecular weight is 521 g/mol. The second kappa shape index (κ2) is 12.2. The Balaban J connectivity index is 1.97. The molecule has 3 fully saturated rings. The van der Waals surface area contributed by atoms with Crippen LogP contribution in [-0.4, -0.2) is 80.6 Å². The van der Waals surface area contributed by atoms with Gasteiger partial charge in [-0.2, -0.15) is 0 Å². The Morgan fingerprint density at radius 2 is 2.00 bits per heavy atom. The van der Waals surface area contributed by atoms with E-state index in [1.165, 1.54) is 0 Å². The molecule has 0 aromatic rings. The number of fused-ring (bicyclic) bond motifs is 1. The van der Waals surface area contributed by atoms with Gasteiger partial charge in [0.1, 0.15) is 6.04 Å². The number of aliphatic hydroxyl groups excluding tert-OH is 1. The number of allylic oxidation sites excluding steroid dienone is 1. The molecule has 36 heavy (non-hydrogen) atoms. The van der Waals surface area contributed by atoms with E-state index in [-0.39, 0.29) is 24.4 Å². The van der Waals surface area contributed by atoms with Crippen molar-refractivity contribution < 1.29 is 24.2 Å². The normalized spacial score (nSPS) is 31.3. The summed E-state index contributed by atoms with van der Waals surface area (Å²) in [6.07, 6.45) is 9.88. The quantitative estimate of drug-likeness (QED) is 0.200. The molecule has 0 aromatic heterocycles.